The molecule has 3 heteroatoms. The second-order valence-corrected chi connectivity index (χ2v) is 2.77. The molecule has 0 spiro atoms. The van der Waals surface area contributed by atoms with Crippen molar-refractivity contribution in [1.82, 2.24) is 0 Å². The lowest BCUT2D eigenvalue weighted by Gasteiger charge is -2.05. The summed E-state index contributed by atoms with van der Waals surface area (Å²) in [6.07, 6.45) is 5.52. The normalized spacial score (nSPS) is 12.6. The number of nitrogens with two attached hydrogens (primary N) is 2. The van der Waals surface area contributed by atoms with Crippen molar-refractivity contribution in [1.29, 1.82) is 0 Å². The molecule has 2 rings (SSSR count). The average molecular weight is 171 g/mol. The smallest absolute Gasteiger partial charge is 0.105 e. The number of nitrogen functional groups attached to an aromatic ring is 2. The summed E-state index contributed by atoms with van der Waals surface area (Å²) in [6, 6.07) is 3.67. The lowest BCUT2D eigenvalue weighted by molar-refractivity contribution is 1.52. The SMILES string of the molecule is Nc1ccc2c(c1N)N=C=CC=C2. The summed E-state index contributed by atoms with van der Waals surface area (Å²) in [7, 11) is 0. The van der Waals surface area contributed by atoms with Crippen molar-refractivity contribution in [2.75, 3.05) is 11.5 Å². The van der Waals surface area contributed by atoms with E-state index in [1.807, 2.05) is 18.2 Å². The van der Waals surface area contributed by atoms with Gasteiger partial charge in [0.2, 0.25) is 0 Å². The predicted molar refractivity (Wildman–Crippen MR) is 56.0 cm³/mol. The number of anilines is 2. The maximum atomic E-state index is 5.77. The molecule has 1 aliphatic rings. The summed E-state index contributed by atoms with van der Waals surface area (Å²) in [5.41, 5.74) is 14.2. The van der Waals surface area contributed by atoms with E-state index >= 15 is 0 Å². The molecule has 0 atom stereocenters. The molecule has 0 unspecified atom stereocenters. The Balaban J connectivity index is 2.75. The van der Waals surface area contributed by atoms with Gasteiger partial charge in [0.1, 0.15) is 5.69 Å². The molecule has 0 saturated heterocycles. The Bertz CT molecular complexity index is 438. The second-order valence-electron chi connectivity index (χ2n) is 2.77. The highest BCUT2D eigenvalue weighted by molar-refractivity contribution is 5.87. The van der Waals surface area contributed by atoms with Gasteiger partial charge in [-0.3, -0.25) is 0 Å². The summed E-state index contributed by atoms with van der Waals surface area (Å²) in [5, 5.41) is 0. The fraction of sp³-hybridized carbons (Fsp3) is 0. The zero-order valence-corrected chi connectivity index (χ0v) is 6.99. The third-order valence-electron chi connectivity index (χ3n) is 1.90. The minimum absolute atomic E-state index is 0.518. The second kappa shape index (κ2) is 2.81. The molecular weight excluding hydrogens is 162 g/mol. The largest absolute Gasteiger partial charge is 0.397 e. The standard InChI is InChI=1S/C10H9N3/c11-8-5-4-7-3-1-2-6-13-10(7)9(8)12/h1-5H,11-12H2. The zero-order chi connectivity index (χ0) is 9.26. The van der Waals surface area contributed by atoms with Crippen LogP contribution in [0.3, 0.4) is 0 Å². The van der Waals surface area contributed by atoms with E-state index in [9.17, 15) is 0 Å². The van der Waals surface area contributed by atoms with Gasteiger partial charge >= 0.3 is 0 Å². The predicted octanol–water partition coefficient (Wildman–Crippen LogP) is 1.74. The number of nitrogens with zero attached hydrogens (tertiary/aromatic N) is 1. The van der Waals surface area contributed by atoms with Crippen LogP contribution in [0.4, 0.5) is 17.1 Å². The van der Waals surface area contributed by atoms with Crippen LogP contribution in [0.25, 0.3) is 6.08 Å². The van der Waals surface area contributed by atoms with Gasteiger partial charge in [-0.05, 0) is 18.0 Å². The number of allylic oxidation sites excluding steroid dienone is 2. The lowest BCUT2D eigenvalue weighted by atomic mass is 10.1. The maximum absolute atomic E-state index is 5.77. The number of benzene rings is 1. The van der Waals surface area contributed by atoms with E-state index in [1.165, 1.54) is 0 Å². The van der Waals surface area contributed by atoms with Crippen LogP contribution < -0.4 is 11.5 Å². The van der Waals surface area contributed by atoms with E-state index in [1.54, 1.807) is 12.1 Å². The van der Waals surface area contributed by atoms with E-state index in [0.29, 0.717) is 17.1 Å². The van der Waals surface area contributed by atoms with Crippen LogP contribution in [0.1, 0.15) is 5.56 Å². The molecule has 4 N–H and O–H groups in total. The molecule has 0 fully saturated rings. The number of rotatable bonds is 0. The van der Waals surface area contributed by atoms with Gasteiger partial charge in [0.05, 0.1) is 11.4 Å². The first kappa shape index (κ1) is 7.65. The topological polar surface area (TPSA) is 64.4 Å². The van der Waals surface area contributed by atoms with Crippen molar-refractivity contribution in [3.8, 4) is 0 Å². The third kappa shape index (κ3) is 1.21. The van der Waals surface area contributed by atoms with Gasteiger partial charge in [0.15, 0.2) is 0 Å². The Kier molecular flexibility index (Phi) is 1.65. The Morgan fingerprint density at radius 2 is 2.08 bits per heavy atom. The molecule has 1 aromatic rings. The average Bonchev–Trinajstić information content (AvgIpc) is 2.36. The molecule has 1 aliphatic heterocycles. The number of aliphatic imine (C=N–C) groups is 1. The Hall–Kier alpha value is -1.99. The fourth-order valence-corrected chi connectivity index (χ4v) is 1.20. The van der Waals surface area contributed by atoms with Crippen molar-refractivity contribution in [2.45, 2.75) is 0 Å². The van der Waals surface area contributed by atoms with E-state index < -0.39 is 0 Å². The Morgan fingerprint density at radius 3 is 2.92 bits per heavy atom. The van der Waals surface area contributed by atoms with Gasteiger partial charge in [-0.25, -0.2) is 4.99 Å². The molecule has 3 nitrogen and oxygen atoms in total. The van der Waals surface area contributed by atoms with Gasteiger partial charge in [-0.15, -0.1) is 0 Å². The highest BCUT2D eigenvalue weighted by Gasteiger charge is 2.06. The van der Waals surface area contributed by atoms with Crippen molar-refractivity contribution < 1.29 is 0 Å². The summed E-state index contributed by atoms with van der Waals surface area (Å²) in [4.78, 5) is 4.07. The first-order valence-corrected chi connectivity index (χ1v) is 3.93. The van der Waals surface area contributed by atoms with Crippen LogP contribution in [-0.4, -0.2) is 5.87 Å². The molecular formula is C10H9N3. The van der Waals surface area contributed by atoms with E-state index in [4.69, 9.17) is 11.5 Å². The molecule has 0 bridgehead atoms. The molecule has 0 saturated carbocycles. The van der Waals surface area contributed by atoms with Crippen LogP contribution in [0.2, 0.25) is 0 Å². The highest BCUT2D eigenvalue weighted by atomic mass is 14.8. The first-order valence-electron chi connectivity index (χ1n) is 3.93. The summed E-state index contributed by atoms with van der Waals surface area (Å²) < 4.78 is 0. The van der Waals surface area contributed by atoms with Crippen LogP contribution in [0.5, 0.6) is 0 Å². The van der Waals surface area contributed by atoms with Crippen LogP contribution in [-0.2, 0) is 0 Å². The lowest BCUT2D eigenvalue weighted by Crippen LogP contribution is -1.95. The first-order chi connectivity index (χ1) is 6.29. The number of hydrogen-bond donors (Lipinski definition) is 2. The minimum Gasteiger partial charge on any atom is -0.397 e. The van der Waals surface area contributed by atoms with Gasteiger partial charge in [-0.1, -0.05) is 18.2 Å². The highest BCUT2D eigenvalue weighted by Crippen LogP contribution is 2.32. The molecule has 13 heavy (non-hydrogen) atoms. The van der Waals surface area contributed by atoms with Crippen LogP contribution in [0.15, 0.2) is 29.3 Å². The summed E-state index contributed by atoms with van der Waals surface area (Å²) in [6.45, 7) is 0. The van der Waals surface area contributed by atoms with E-state index in [0.717, 1.165) is 5.56 Å². The molecule has 0 amide bonds. The summed E-state index contributed by atoms with van der Waals surface area (Å²) in [5.74, 6) is 2.75. The summed E-state index contributed by atoms with van der Waals surface area (Å²) >= 11 is 0. The van der Waals surface area contributed by atoms with Gasteiger partial charge < -0.3 is 11.5 Å². The van der Waals surface area contributed by atoms with Gasteiger partial charge in [0, 0.05) is 5.56 Å². The van der Waals surface area contributed by atoms with Crippen molar-refractivity contribution in [2.24, 2.45) is 4.99 Å². The molecule has 1 aromatic carbocycles. The van der Waals surface area contributed by atoms with Gasteiger partial charge in [0.25, 0.3) is 0 Å². The quantitative estimate of drug-likeness (QED) is 0.584. The van der Waals surface area contributed by atoms with Crippen LogP contribution >= 0.6 is 0 Å². The Labute approximate surface area is 76.1 Å². The molecule has 0 aromatic heterocycles. The maximum Gasteiger partial charge on any atom is 0.105 e. The molecule has 0 aliphatic carbocycles. The number of fused-ring (bicyclic) bond motifs is 1. The molecule has 0 radical (unpaired) electrons. The van der Waals surface area contributed by atoms with Crippen LogP contribution in [0, 0.1) is 0 Å². The molecule has 1 heterocycles. The van der Waals surface area contributed by atoms with E-state index in [-0.39, 0.29) is 0 Å². The number of hydrogen-bond acceptors (Lipinski definition) is 3. The monoisotopic (exact) mass is 171 g/mol. The van der Waals surface area contributed by atoms with Gasteiger partial charge in [-0.2, -0.15) is 0 Å². The Morgan fingerprint density at radius 1 is 1.23 bits per heavy atom. The fourth-order valence-electron chi connectivity index (χ4n) is 1.20. The third-order valence-corrected chi connectivity index (χ3v) is 1.90. The molecule has 64 valence electrons. The van der Waals surface area contributed by atoms with Crippen molar-refractivity contribution >= 4 is 29.0 Å². The van der Waals surface area contributed by atoms with Crippen molar-refractivity contribution in [3.63, 3.8) is 0 Å². The van der Waals surface area contributed by atoms with E-state index in [2.05, 4.69) is 10.9 Å². The zero-order valence-electron chi connectivity index (χ0n) is 6.99. The minimum atomic E-state index is 0.518. The van der Waals surface area contributed by atoms with Crippen molar-refractivity contribution in [3.05, 3.63) is 29.8 Å².